The van der Waals surface area contributed by atoms with E-state index in [1.165, 1.54) is 22.1 Å². The second-order valence-electron chi connectivity index (χ2n) is 9.62. The van der Waals surface area contributed by atoms with Crippen LogP contribution in [-0.4, -0.2) is 74.0 Å². The first-order chi connectivity index (χ1) is 18.3. The van der Waals surface area contributed by atoms with Gasteiger partial charge >= 0.3 is 0 Å². The predicted octanol–water partition coefficient (Wildman–Crippen LogP) is 5.96. The van der Waals surface area contributed by atoms with Crippen LogP contribution in [-0.2, 0) is 10.0 Å². The molecule has 0 unspecified atom stereocenters. The van der Waals surface area contributed by atoms with Gasteiger partial charge in [0.15, 0.2) is 5.13 Å². The molecular formula is C28H38N4O3S3. The molecule has 1 aromatic heterocycles. The monoisotopic (exact) mass is 574 g/mol. The highest BCUT2D eigenvalue weighted by Gasteiger charge is 2.29. The summed E-state index contributed by atoms with van der Waals surface area (Å²) < 4.78 is 29.1. The average Bonchev–Trinajstić information content (AvgIpc) is 3.39. The summed E-state index contributed by atoms with van der Waals surface area (Å²) in [4.78, 5) is 24.0. The van der Waals surface area contributed by atoms with E-state index in [1.54, 1.807) is 48.0 Å². The van der Waals surface area contributed by atoms with Gasteiger partial charge in [-0.3, -0.25) is 9.69 Å². The van der Waals surface area contributed by atoms with E-state index in [1.807, 2.05) is 24.5 Å². The number of likely N-dealkylation sites (N-methyl/N-ethyl adjacent to an activating group) is 1. The molecule has 1 amide bonds. The van der Waals surface area contributed by atoms with Crippen molar-refractivity contribution in [3.8, 4) is 0 Å². The summed E-state index contributed by atoms with van der Waals surface area (Å²) in [5.74, 6) is -0.175. The highest BCUT2D eigenvalue weighted by molar-refractivity contribution is 7.98. The molecule has 7 nitrogen and oxygen atoms in total. The van der Waals surface area contributed by atoms with Gasteiger partial charge in [0.2, 0.25) is 10.0 Å². The number of hydrogen-bond donors (Lipinski definition) is 0. The Bertz CT molecular complexity index is 1330. The molecule has 1 saturated carbocycles. The number of aromatic nitrogens is 1. The average molecular weight is 575 g/mol. The topological polar surface area (TPSA) is 73.8 Å². The predicted molar refractivity (Wildman–Crippen MR) is 159 cm³/mol. The Morgan fingerprint density at radius 1 is 1.03 bits per heavy atom. The van der Waals surface area contributed by atoms with E-state index in [4.69, 9.17) is 4.98 Å². The number of carbonyl (C=O) groups is 1. The highest BCUT2D eigenvalue weighted by Crippen LogP contribution is 2.35. The van der Waals surface area contributed by atoms with Crippen molar-refractivity contribution in [2.45, 2.75) is 61.8 Å². The second kappa shape index (κ2) is 12.9. The van der Waals surface area contributed by atoms with Crippen LogP contribution in [0.5, 0.6) is 0 Å². The summed E-state index contributed by atoms with van der Waals surface area (Å²) in [6.07, 6.45) is 7.11. The molecule has 0 N–H and O–H groups in total. The Hall–Kier alpha value is -1.98. The molecule has 0 bridgehead atoms. The molecule has 0 radical (unpaired) electrons. The molecule has 38 heavy (non-hydrogen) atoms. The van der Waals surface area contributed by atoms with Gasteiger partial charge in [0.25, 0.3) is 5.91 Å². The van der Waals surface area contributed by atoms with Crippen LogP contribution in [0.25, 0.3) is 10.2 Å². The van der Waals surface area contributed by atoms with Gasteiger partial charge in [-0.2, -0.15) is 4.31 Å². The largest absolute Gasteiger partial charge is 0.302 e. The molecule has 2 aromatic carbocycles. The van der Waals surface area contributed by atoms with Crippen molar-refractivity contribution in [1.82, 2.24) is 14.2 Å². The summed E-state index contributed by atoms with van der Waals surface area (Å²) in [5, 5.41) is 0.660. The van der Waals surface area contributed by atoms with E-state index < -0.39 is 10.0 Å². The molecule has 0 saturated heterocycles. The number of benzene rings is 2. The van der Waals surface area contributed by atoms with Gasteiger partial charge in [0.05, 0.1) is 15.1 Å². The maximum absolute atomic E-state index is 13.8. The lowest BCUT2D eigenvalue weighted by atomic mass is 9.96. The normalized spacial score (nSPS) is 15.0. The summed E-state index contributed by atoms with van der Waals surface area (Å²) in [5.41, 5.74) is 1.36. The zero-order valence-corrected chi connectivity index (χ0v) is 25.2. The van der Waals surface area contributed by atoms with Crippen LogP contribution in [0, 0.1) is 0 Å². The van der Waals surface area contributed by atoms with Crippen LogP contribution < -0.4 is 4.90 Å². The number of rotatable bonds is 11. The van der Waals surface area contributed by atoms with Gasteiger partial charge in [0, 0.05) is 36.6 Å². The van der Waals surface area contributed by atoms with E-state index in [-0.39, 0.29) is 16.8 Å². The molecule has 0 aliphatic heterocycles. The summed E-state index contributed by atoms with van der Waals surface area (Å²) in [7, 11) is -1.94. The van der Waals surface area contributed by atoms with Crippen molar-refractivity contribution >= 4 is 54.4 Å². The fraction of sp³-hybridized carbons (Fsp3) is 0.500. The Morgan fingerprint density at radius 2 is 1.71 bits per heavy atom. The second-order valence-corrected chi connectivity index (χ2v) is 13.5. The minimum Gasteiger partial charge on any atom is -0.302 e. The highest BCUT2D eigenvalue weighted by atomic mass is 32.2. The summed E-state index contributed by atoms with van der Waals surface area (Å²) >= 11 is 3.15. The van der Waals surface area contributed by atoms with E-state index in [9.17, 15) is 13.2 Å². The third-order valence-electron chi connectivity index (χ3n) is 7.47. The molecule has 0 atom stereocenters. The van der Waals surface area contributed by atoms with Gasteiger partial charge in [-0.1, -0.05) is 50.5 Å². The number of thioether (sulfide) groups is 1. The number of sulfonamides is 1. The summed E-state index contributed by atoms with van der Waals surface area (Å²) in [6.45, 7) is 7.25. The smallest absolute Gasteiger partial charge is 0.260 e. The maximum Gasteiger partial charge on any atom is 0.260 e. The Morgan fingerprint density at radius 3 is 2.34 bits per heavy atom. The first-order valence-electron chi connectivity index (χ1n) is 13.4. The van der Waals surface area contributed by atoms with E-state index in [0.717, 1.165) is 60.4 Å². The molecule has 10 heteroatoms. The third-order valence-corrected chi connectivity index (χ3v) is 11.2. The zero-order chi connectivity index (χ0) is 27.3. The quantitative estimate of drug-likeness (QED) is 0.263. The zero-order valence-electron chi connectivity index (χ0n) is 22.7. The van der Waals surface area contributed by atoms with Crippen molar-refractivity contribution in [3.05, 3.63) is 48.0 Å². The fourth-order valence-corrected chi connectivity index (χ4v) is 8.05. The number of fused-ring (bicyclic) bond motifs is 1. The summed E-state index contributed by atoms with van der Waals surface area (Å²) in [6, 6.07) is 12.5. The lowest BCUT2D eigenvalue weighted by Crippen LogP contribution is -2.39. The first-order valence-corrected chi connectivity index (χ1v) is 16.8. The van der Waals surface area contributed by atoms with Crippen molar-refractivity contribution in [1.29, 1.82) is 0 Å². The van der Waals surface area contributed by atoms with Crippen LogP contribution in [0.4, 0.5) is 5.13 Å². The lowest BCUT2D eigenvalue weighted by Gasteiger charge is -2.30. The van der Waals surface area contributed by atoms with E-state index >= 15 is 0 Å². The number of thiazole rings is 1. The van der Waals surface area contributed by atoms with Crippen LogP contribution in [0.15, 0.2) is 52.3 Å². The molecule has 4 rings (SSSR count). The molecule has 1 heterocycles. The van der Waals surface area contributed by atoms with Crippen LogP contribution in [0.1, 0.15) is 56.3 Å². The number of anilines is 1. The third kappa shape index (κ3) is 6.25. The van der Waals surface area contributed by atoms with Crippen LogP contribution in [0.3, 0.4) is 0 Å². The van der Waals surface area contributed by atoms with Gasteiger partial charge < -0.3 is 4.90 Å². The molecule has 1 fully saturated rings. The minimum atomic E-state index is -3.62. The molecular weight excluding hydrogens is 537 g/mol. The number of nitrogens with zero attached hydrogens (tertiary/aromatic N) is 4. The van der Waals surface area contributed by atoms with Crippen molar-refractivity contribution in [2.24, 2.45) is 0 Å². The molecule has 0 spiro atoms. The lowest BCUT2D eigenvalue weighted by molar-refractivity contribution is 0.0983. The minimum absolute atomic E-state index is 0.0378. The first kappa shape index (κ1) is 29.0. The van der Waals surface area contributed by atoms with Gasteiger partial charge in [-0.05, 0) is 68.6 Å². The standard InChI is InChI=1S/C28H38N4O3S3/c1-5-31(6-2)19-20-32(28-29-26-24(36-4)13-10-14-25(26)37-28)27(33)21-15-17-23(18-16-21)38(34,35)30(3)22-11-8-7-9-12-22/h10,13-18,22H,5-9,11-12,19-20H2,1-4H3. The molecule has 206 valence electrons. The number of amides is 1. The van der Waals surface area contributed by atoms with Crippen LogP contribution in [0.2, 0.25) is 0 Å². The number of hydrogen-bond acceptors (Lipinski definition) is 7. The SMILES string of the molecule is CCN(CC)CCN(C(=O)c1ccc(S(=O)(=O)N(C)C2CCCCC2)cc1)c1nc2c(SC)cccc2s1. The maximum atomic E-state index is 13.8. The van der Waals surface area contributed by atoms with Gasteiger partial charge in [-0.15, -0.1) is 11.8 Å². The van der Waals surface area contributed by atoms with Gasteiger partial charge in [0.1, 0.15) is 0 Å². The number of para-hydroxylation sites is 1. The van der Waals surface area contributed by atoms with Crippen LogP contribution >= 0.6 is 23.1 Å². The Balaban J connectivity index is 1.61. The molecule has 1 aliphatic rings. The fourth-order valence-electron chi connectivity index (χ4n) is 4.99. The molecule has 3 aromatic rings. The van der Waals surface area contributed by atoms with E-state index in [2.05, 4.69) is 18.7 Å². The van der Waals surface area contributed by atoms with Crippen molar-refractivity contribution < 1.29 is 13.2 Å². The van der Waals surface area contributed by atoms with Crippen molar-refractivity contribution in [3.63, 3.8) is 0 Å². The Kier molecular flexibility index (Phi) is 9.86. The number of carbonyl (C=O) groups excluding carboxylic acids is 1. The van der Waals surface area contributed by atoms with Gasteiger partial charge in [-0.25, -0.2) is 13.4 Å². The van der Waals surface area contributed by atoms with Crippen molar-refractivity contribution in [2.75, 3.05) is 44.4 Å². The van der Waals surface area contributed by atoms with E-state index in [0.29, 0.717) is 17.2 Å². The molecule has 1 aliphatic carbocycles. The Labute approximate surface area is 235 Å².